The SMILES string of the molecule is Cc1ccc(NC(=O)CNC(=O)[C@@H](N)C(C)C)cc1C.Cl. The van der Waals surface area contributed by atoms with Gasteiger partial charge in [0.2, 0.25) is 11.8 Å². The van der Waals surface area contributed by atoms with Crippen LogP contribution in [0.4, 0.5) is 5.69 Å². The van der Waals surface area contributed by atoms with Crippen LogP contribution in [0.25, 0.3) is 0 Å². The Labute approximate surface area is 132 Å². The topological polar surface area (TPSA) is 84.2 Å². The lowest BCUT2D eigenvalue weighted by molar-refractivity contribution is -0.125. The van der Waals surface area contributed by atoms with Crippen molar-refractivity contribution >= 4 is 29.9 Å². The molecular weight excluding hydrogens is 290 g/mol. The number of benzene rings is 1. The molecule has 0 aliphatic rings. The van der Waals surface area contributed by atoms with Gasteiger partial charge in [0.1, 0.15) is 0 Å². The van der Waals surface area contributed by atoms with Gasteiger partial charge < -0.3 is 16.4 Å². The van der Waals surface area contributed by atoms with Crippen LogP contribution in [-0.2, 0) is 9.59 Å². The number of rotatable bonds is 5. The molecule has 0 heterocycles. The number of nitrogens with two attached hydrogens (primary N) is 1. The highest BCUT2D eigenvalue weighted by Gasteiger charge is 2.17. The first-order valence-corrected chi connectivity index (χ1v) is 6.71. The molecule has 1 aromatic carbocycles. The van der Waals surface area contributed by atoms with E-state index in [2.05, 4.69) is 10.6 Å². The van der Waals surface area contributed by atoms with E-state index in [1.807, 2.05) is 45.9 Å². The highest BCUT2D eigenvalue weighted by atomic mass is 35.5. The number of hydrogen-bond acceptors (Lipinski definition) is 3. The Kier molecular flexibility index (Phi) is 7.99. The zero-order valence-corrected chi connectivity index (χ0v) is 13.7. The van der Waals surface area contributed by atoms with Crippen LogP contribution in [0.2, 0.25) is 0 Å². The van der Waals surface area contributed by atoms with Crippen molar-refractivity contribution in [2.24, 2.45) is 11.7 Å². The third kappa shape index (κ3) is 6.14. The van der Waals surface area contributed by atoms with Crippen molar-refractivity contribution in [3.8, 4) is 0 Å². The lowest BCUT2D eigenvalue weighted by atomic mass is 10.1. The molecule has 0 spiro atoms. The van der Waals surface area contributed by atoms with Crippen LogP contribution < -0.4 is 16.4 Å². The maximum absolute atomic E-state index is 11.7. The normalized spacial score (nSPS) is 11.5. The number of carbonyl (C=O) groups is 2. The fourth-order valence-electron chi connectivity index (χ4n) is 1.61. The Morgan fingerprint density at radius 2 is 1.81 bits per heavy atom. The third-order valence-electron chi connectivity index (χ3n) is 3.23. The Balaban J connectivity index is 0.00000400. The summed E-state index contributed by atoms with van der Waals surface area (Å²) in [5.74, 6) is -0.536. The van der Waals surface area contributed by atoms with E-state index < -0.39 is 6.04 Å². The molecule has 0 saturated carbocycles. The van der Waals surface area contributed by atoms with Crippen LogP contribution in [0, 0.1) is 19.8 Å². The maximum Gasteiger partial charge on any atom is 0.243 e. The molecule has 0 radical (unpaired) electrons. The maximum atomic E-state index is 11.7. The molecule has 21 heavy (non-hydrogen) atoms. The number of aryl methyl sites for hydroxylation is 2. The molecule has 0 saturated heterocycles. The number of anilines is 1. The highest BCUT2D eigenvalue weighted by Crippen LogP contribution is 2.13. The van der Waals surface area contributed by atoms with Crippen molar-refractivity contribution in [2.75, 3.05) is 11.9 Å². The summed E-state index contributed by atoms with van der Waals surface area (Å²) >= 11 is 0. The molecular formula is C15H24ClN3O2. The Morgan fingerprint density at radius 3 is 2.33 bits per heavy atom. The smallest absolute Gasteiger partial charge is 0.243 e. The van der Waals surface area contributed by atoms with Gasteiger partial charge in [-0.05, 0) is 43.0 Å². The number of nitrogens with one attached hydrogen (secondary N) is 2. The monoisotopic (exact) mass is 313 g/mol. The Morgan fingerprint density at radius 1 is 1.19 bits per heavy atom. The van der Waals surface area contributed by atoms with Crippen LogP contribution >= 0.6 is 12.4 Å². The minimum Gasteiger partial charge on any atom is -0.346 e. The standard InChI is InChI=1S/C15H23N3O2.ClH/c1-9(2)14(16)15(20)17-8-13(19)18-12-6-5-10(3)11(4)7-12;/h5-7,9,14H,8,16H2,1-4H3,(H,17,20)(H,18,19);1H/t14-;/m0./s1. The lowest BCUT2D eigenvalue weighted by Gasteiger charge is -2.15. The average Bonchev–Trinajstić information content (AvgIpc) is 2.39. The van der Waals surface area contributed by atoms with Crippen molar-refractivity contribution in [3.63, 3.8) is 0 Å². The van der Waals surface area contributed by atoms with Gasteiger partial charge in [0, 0.05) is 5.69 Å². The van der Waals surface area contributed by atoms with Crippen molar-refractivity contribution in [2.45, 2.75) is 33.7 Å². The first kappa shape index (κ1) is 19.4. The van der Waals surface area contributed by atoms with E-state index in [0.717, 1.165) is 11.3 Å². The summed E-state index contributed by atoms with van der Waals surface area (Å²) in [5.41, 5.74) is 8.69. The molecule has 2 amide bonds. The minimum absolute atomic E-state index is 0. The molecule has 0 aromatic heterocycles. The second-order valence-corrected chi connectivity index (χ2v) is 5.33. The fraction of sp³-hybridized carbons (Fsp3) is 0.467. The van der Waals surface area contributed by atoms with E-state index in [0.29, 0.717) is 0 Å². The van der Waals surface area contributed by atoms with E-state index in [9.17, 15) is 9.59 Å². The molecule has 1 rings (SSSR count). The van der Waals surface area contributed by atoms with E-state index >= 15 is 0 Å². The Hall–Kier alpha value is -1.59. The third-order valence-corrected chi connectivity index (χ3v) is 3.23. The van der Waals surface area contributed by atoms with Gasteiger partial charge in [0.05, 0.1) is 12.6 Å². The first-order valence-electron chi connectivity index (χ1n) is 6.71. The fourth-order valence-corrected chi connectivity index (χ4v) is 1.61. The highest BCUT2D eigenvalue weighted by molar-refractivity contribution is 5.95. The van der Waals surface area contributed by atoms with Crippen molar-refractivity contribution < 1.29 is 9.59 Å². The van der Waals surface area contributed by atoms with E-state index in [1.165, 1.54) is 5.56 Å². The lowest BCUT2D eigenvalue weighted by Crippen LogP contribution is -2.46. The molecule has 1 atom stereocenters. The molecule has 0 aliphatic carbocycles. The van der Waals surface area contributed by atoms with Gasteiger partial charge in [-0.2, -0.15) is 0 Å². The van der Waals surface area contributed by atoms with Gasteiger partial charge in [-0.1, -0.05) is 19.9 Å². The molecule has 5 nitrogen and oxygen atoms in total. The predicted molar refractivity (Wildman–Crippen MR) is 87.6 cm³/mol. The summed E-state index contributed by atoms with van der Waals surface area (Å²) in [4.78, 5) is 23.4. The van der Waals surface area contributed by atoms with Gasteiger partial charge in [0.15, 0.2) is 0 Å². The summed E-state index contributed by atoms with van der Waals surface area (Å²) < 4.78 is 0. The number of amides is 2. The van der Waals surface area contributed by atoms with Crippen LogP contribution in [-0.4, -0.2) is 24.4 Å². The minimum atomic E-state index is -0.593. The van der Waals surface area contributed by atoms with E-state index in [4.69, 9.17) is 5.73 Å². The Bertz CT molecular complexity index is 504. The number of carbonyl (C=O) groups excluding carboxylic acids is 2. The van der Waals surface area contributed by atoms with Crippen molar-refractivity contribution in [1.82, 2.24) is 5.32 Å². The molecule has 6 heteroatoms. The molecule has 0 aliphatic heterocycles. The summed E-state index contributed by atoms with van der Waals surface area (Å²) in [6.45, 7) is 7.63. The van der Waals surface area contributed by atoms with Gasteiger partial charge in [0.25, 0.3) is 0 Å². The molecule has 0 unspecified atom stereocenters. The largest absolute Gasteiger partial charge is 0.346 e. The van der Waals surface area contributed by atoms with Gasteiger partial charge in [-0.3, -0.25) is 9.59 Å². The molecule has 118 valence electrons. The van der Waals surface area contributed by atoms with Gasteiger partial charge >= 0.3 is 0 Å². The second kappa shape index (κ2) is 8.64. The van der Waals surface area contributed by atoms with E-state index in [1.54, 1.807) is 0 Å². The molecule has 0 fully saturated rings. The zero-order chi connectivity index (χ0) is 15.3. The van der Waals surface area contributed by atoms with Crippen LogP contribution in [0.1, 0.15) is 25.0 Å². The quantitative estimate of drug-likeness (QED) is 0.774. The van der Waals surface area contributed by atoms with Crippen LogP contribution in [0.5, 0.6) is 0 Å². The second-order valence-electron chi connectivity index (χ2n) is 5.33. The van der Waals surface area contributed by atoms with Crippen LogP contribution in [0.15, 0.2) is 18.2 Å². The summed E-state index contributed by atoms with van der Waals surface area (Å²) in [5, 5.41) is 5.27. The molecule has 1 aromatic rings. The molecule has 0 bridgehead atoms. The van der Waals surface area contributed by atoms with Gasteiger partial charge in [-0.25, -0.2) is 0 Å². The van der Waals surface area contributed by atoms with E-state index in [-0.39, 0.29) is 36.7 Å². The predicted octanol–water partition coefficient (Wildman–Crippen LogP) is 1.76. The average molecular weight is 314 g/mol. The van der Waals surface area contributed by atoms with Gasteiger partial charge in [-0.15, -0.1) is 12.4 Å². The number of halogens is 1. The van der Waals surface area contributed by atoms with Crippen molar-refractivity contribution in [3.05, 3.63) is 29.3 Å². The summed E-state index contributed by atoms with van der Waals surface area (Å²) in [6.07, 6.45) is 0. The molecule has 4 N–H and O–H groups in total. The van der Waals surface area contributed by atoms with Crippen LogP contribution in [0.3, 0.4) is 0 Å². The zero-order valence-electron chi connectivity index (χ0n) is 12.9. The summed E-state index contributed by atoms with van der Waals surface area (Å²) in [7, 11) is 0. The van der Waals surface area contributed by atoms with Crippen molar-refractivity contribution in [1.29, 1.82) is 0 Å². The first-order chi connectivity index (χ1) is 9.31. The number of hydrogen-bond donors (Lipinski definition) is 3. The summed E-state index contributed by atoms with van der Waals surface area (Å²) in [6, 6.07) is 5.08.